The van der Waals surface area contributed by atoms with E-state index >= 15 is 0 Å². The molecular weight excluding hydrogens is 324 g/mol. The van der Waals surface area contributed by atoms with Crippen LogP contribution in [-0.4, -0.2) is 41.4 Å². The number of amides is 2. The van der Waals surface area contributed by atoms with Crippen molar-refractivity contribution in [3.63, 3.8) is 0 Å². The van der Waals surface area contributed by atoms with Crippen LogP contribution in [0.1, 0.15) is 31.2 Å². The fourth-order valence-corrected chi connectivity index (χ4v) is 3.10. The number of nitrogens with zero attached hydrogens (tertiary/aromatic N) is 1. The van der Waals surface area contributed by atoms with Gasteiger partial charge in [0.25, 0.3) is 5.91 Å². The Balaban J connectivity index is 1.79. The number of aliphatic carboxylic acids is 1. The van der Waals surface area contributed by atoms with Crippen LogP contribution in [0.5, 0.6) is 0 Å². The Bertz CT molecular complexity index is 605. The van der Waals surface area contributed by atoms with Gasteiger partial charge in [-0.3, -0.25) is 19.2 Å². The van der Waals surface area contributed by atoms with Gasteiger partial charge < -0.3 is 10.0 Å². The fraction of sp³-hybridized carbons (Fsp3) is 0.500. The monoisotopic (exact) mass is 348 g/mol. The summed E-state index contributed by atoms with van der Waals surface area (Å²) < 4.78 is 0. The van der Waals surface area contributed by atoms with E-state index in [-0.39, 0.29) is 19.1 Å². The van der Waals surface area contributed by atoms with Gasteiger partial charge in [0.2, 0.25) is 5.91 Å². The van der Waals surface area contributed by atoms with Crippen LogP contribution in [0.2, 0.25) is 0 Å². The van der Waals surface area contributed by atoms with Crippen LogP contribution >= 0.6 is 0 Å². The Kier molecular flexibility index (Phi) is 6.94. The Labute approximate surface area is 146 Å². The molecule has 7 nitrogen and oxygen atoms in total. The highest BCUT2D eigenvalue weighted by molar-refractivity contribution is 5.88. The highest BCUT2D eigenvalue weighted by Gasteiger charge is 2.37. The summed E-state index contributed by atoms with van der Waals surface area (Å²) in [4.78, 5) is 42.1. The molecule has 2 N–H and O–H groups in total. The van der Waals surface area contributed by atoms with Crippen molar-refractivity contribution in [3.05, 3.63) is 35.9 Å². The maximum atomic E-state index is 12.5. The second-order valence-corrected chi connectivity index (χ2v) is 6.33. The van der Waals surface area contributed by atoms with Crippen molar-refractivity contribution in [3.8, 4) is 0 Å². The Morgan fingerprint density at radius 1 is 1.16 bits per heavy atom. The summed E-state index contributed by atoms with van der Waals surface area (Å²) in [5.74, 6) is -2.92. The molecule has 1 aromatic carbocycles. The van der Waals surface area contributed by atoms with Gasteiger partial charge in [-0.05, 0) is 18.4 Å². The molecule has 25 heavy (non-hydrogen) atoms. The van der Waals surface area contributed by atoms with E-state index in [1.54, 1.807) is 0 Å². The molecule has 2 rings (SSSR count). The maximum Gasteiger partial charge on any atom is 0.307 e. The average molecular weight is 348 g/mol. The van der Waals surface area contributed by atoms with Crippen molar-refractivity contribution in [2.45, 2.75) is 32.3 Å². The summed E-state index contributed by atoms with van der Waals surface area (Å²) in [6, 6.07) is 9.37. The zero-order valence-electron chi connectivity index (χ0n) is 14.3. The minimum Gasteiger partial charge on any atom is -0.481 e. The van der Waals surface area contributed by atoms with Gasteiger partial charge in [-0.2, -0.15) is 0 Å². The van der Waals surface area contributed by atoms with E-state index in [9.17, 15) is 19.5 Å². The van der Waals surface area contributed by atoms with E-state index < -0.39 is 23.7 Å². The van der Waals surface area contributed by atoms with E-state index in [4.69, 9.17) is 4.84 Å². The van der Waals surface area contributed by atoms with E-state index in [2.05, 4.69) is 5.48 Å². The lowest BCUT2D eigenvalue weighted by atomic mass is 9.78. The first kappa shape index (κ1) is 18.9. The Morgan fingerprint density at radius 3 is 2.44 bits per heavy atom. The number of hydrogen-bond acceptors (Lipinski definition) is 4. The first-order chi connectivity index (χ1) is 12.0. The van der Waals surface area contributed by atoms with Gasteiger partial charge in [-0.15, -0.1) is 0 Å². The summed E-state index contributed by atoms with van der Waals surface area (Å²) in [5.41, 5.74) is 3.22. The molecule has 1 fully saturated rings. The van der Waals surface area contributed by atoms with Gasteiger partial charge in [0.05, 0.1) is 18.4 Å². The van der Waals surface area contributed by atoms with E-state index in [0.29, 0.717) is 12.8 Å². The lowest BCUT2D eigenvalue weighted by Gasteiger charge is -2.30. The molecule has 0 spiro atoms. The molecule has 1 aliphatic carbocycles. The number of carbonyl (C=O) groups excluding carboxylic acids is 2. The van der Waals surface area contributed by atoms with Crippen LogP contribution in [0.4, 0.5) is 0 Å². The second kappa shape index (κ2) is 9.17. The number of hydrogen-bond donors (Lipinski definition) is 2. The number of benzene rings is 1. The predicted molar refractivity (Wildman–Crippen MR) is 90.1 cm³/mol. The molecular formula is C18H24N2O5. The molecule has 136 valence electrons. The first-order valence-electron chi connectivity index (χ1n) is 8.41. The molecule has 7 heteroatoms. The lowest BCUT2D eigenvalue weighted by Crippen LogP contribution is -2.44. The standard InChI is InChI=1S/C18H24N2O5/c1-20(17(22)14-9-5-6-10-15(14)18(23)24)11-16(21)19-25-12-13-7-3-2-4-8-13/h2-4,7-8,14-15H,5-6,9-12H2,1H3,(H,19,21)(H,23,24)/t14-,15+/m1/s1. The summed E-state index contributed by atoms with van der Waals surface area (Å²) in [7, 11) is 1.51. The second-order valence-electron chi connectivity index (χ2n) is 6.33. The van der Waals surface area contributed by atoms with Crippen LogP contribution in [-0.2, 0) is 25.8 Å². The summed E-state index contributed by atoms with van der Waals surface area (Å²) in [6.45, 7) is 0.0599. The van der Waals surface area contributed by atoms with Crippen LogP contribution in [0.15, 0.2) is 30.3 Å². The maximum absolute atomic E-state index is 12.5. The number of rotatable bonds is 7. The molecule has 0 bridgehead atoms. The molecule has 1 aromatic rings. The first-order valence-corrected chi connectivity index (χ1v) is 8.41. The summed E-state index contributed by atoms with van der Waals surface area (Å²) >= 11 is 0. The third kappa shape index (κ3) is 5.56. The lowest BCUT2D eigenvalue weighted by molar-refractivity contribution is -0.153. The molecule has 1 saturated carbocycles. The van der Waals surface area contributed by atoms with Crippen molar-refractivity contribution >= 4 is 17.8 Å². The molecule has 0 aromatic heterocycles. The largest absolute Gasteiger partial charge is 0.481 e. The number of nitrogens with one attached hydrogen (secondary N) is 1. The SMILES string of the molecule is CN(CC(=O)NOCc1ccccc1)C(=O)[C@@H]1CCCC[C@@H]1C(=O)O. The van der Waals surface area contributed by atoms with Crippen molar-refractivity contribution in [1.82, 2.24) is 10.4 Å². The number of likely N-dealkylation sites (N-methyl/N-ethyl adjacent to an activating group) is 1. The van der Waals surface area contributed by atoms with Gasteiger partial charge in [0.1, 0.15) is 6.54 Å². The number of carboxylic acid groups (broad SMARTS) is 1. The van der Waals surface area contributed by atoms with Gasteiger partial charge >= 0.3 is 5.97 Å². The number of carboxylic acids is 1. The molecule has 0 heterocycles. The Morgan fingerprint density at radius 2 is 1.80 bits per heavy atom. The van der Waals surface area contributed by atoms with Crippen LogP contribution in [0.25, 0.3) is 0 Å². The molecule has 2 amide bonds. The zero-order valence-corrected chi connectivity index (χ0v) is 14.3. The van der Waals surface area contributed by atoms with Crippen LogP contribution in [0.3, 0.4) is 0 Å². The normalized spacial score (nSPS) is 19.9. The van der Waals surface area contributed by atoms with Crippen LogP contribution < -0.4 is 5.48 Å². The Hall–Kier alpha value is -2.41. The molecule has 2 atom stereocenters. The van der Waals surface area contributed by atoms with E-state index in [0.717, 1.165) is 18.4 Å². The fourth-order valence-electron chi connectivity index (χ4n) is 3.10. The predicted octanol–water partition coefficient (Wildman–Crippen LogP) is 1.58. The van der Waals surface area contributed by atoms with E-state index in [1.807, 2.05) is 30.3 Å². The van der Waals surface area contributed by atoms with E-state index in [1.165, 1.54) is 11.9 Å². The molecule has 0 aliphatic heterocycles. The van der Waals surface area contributed by atoms with Crippen molar-refractivity contribution in [1.29, 1.82) is 0 Å². The highest BCUT2D eigenvalue weighted by Crippen LogP contribution is 2.31. The third-order valence-electron chi connectivity index (χ3n) is 4.43. The van der Waals surface area contributed by atoms with Crippen LogP contribution in [0, 0.1) is 11.8 Å². The topological polar surface area (TPSA) is 95.9 Å². The smallest absolute Gasteiger partial charge is 0.307 e. The number of carbonyl (C=O) groups is 3. The van der Waals surface area contributed by atoms with Gasteiger partial charge in [-0.1, -0.05) is 43.2 Å². The van der Waals surface area contributed by atoms with Crippen molar-refractivity contribution in [2.24, 2.45) is 11.8 Å². The van der Waals surface area contributed by atoms with Crippen molar-refractivity contribution < 1.29 is 24.3 Å². The minimum atomic E-state index is -0.943. The van der Waals surface area contributed by atoms with Gasteiger partial charge in [0.15, 0.2) is 0 Å². The minimum absolute atomic E-state index is 0.170. The average Bonchev–Trinajstić information content (AvgIpc) is 2.61. The quantitative estimate of drug-likeness (QED) is 0.730. The van der Waals surface area contributed by atoms with Gasteiger partial charge in [0, 0.05) is 7.05 Å². The highest BCUT2D eigenvalue weighted by atomic mass is 16.6. The van der Waals surface area contributed by atoms with Gasteiger partial charge in [-0.25, -0.2) is 5.48 Å². The summed E-state index contributed by atoms with van der Waals surface area (Å²) in [6.07, 6.45) is 2.71. The zero-order chi connectivity index (χ0) is 18.2. The third-order valence-corrected chi connectivity index (χ3v) is 4.43. The van der Waals surface area contributed by atoms with Crippen molar-refractivity contribution in [2.75, 3.05) is 13.6 Å². The molecule has 1 aliphatic rings. The molecule has 0 radical (unpaired) electrons. The number of hydroxylamine groups is 1. The molecule has 0 saturated heterocycles. The summed E-state index contributed by atoms with van der Waals surface area (Å²) in [5, 5.41) is 9.28. The molecule has 0 unspecified atom stereocenters.